The van der Waals surface area contributed by atoms with E-state index in [0.717, 1.165) is 19.3 Å². The molecule has 2 amide bonds. The summed E-state index contributed by atoms with van der Waals surface area (Å²) < 4.78 is 31.0. The van der Waals surface area contributed by atoms with Crippen LogP contribution < -0.4 is 10.6 Å². The molecule has 0 fully saturated rings. The van der Waals surface area contributed by atoms with Gasteiger partial charge < -0.3 is 15.4 Å². The van der Waals surface area contributed by atoms with Crippen LogP contribution >= 0.6 is 0 Å². The smallest absolute Gasteiger partial charge is 0.325 e. The summed E-state index contributed by atoms with van der Waals surface area (Å²) in [6.45, 7) is 5.97. The average molecular weight is 442 g/mol. The molecule has 1 aromatic rings. The van der Waals surface area contributed by atoms with Crippen LogP contribution in [0.2, 0.25) is 0 Å². The second-order valence-corrected chi connectivity index (χ2v) is 8.45. The number of nitrogens with one attached hydrogen (secondary N) is 2. The summed E-state index contributed by atoms with van der Waals surface area (Å²) in [7, 11) is -3.61. The normalized spacial score (nSPS) is 11.2. The highest BCUT2D eigenvalue weighted by atomic mass is 32.2. The Bertz CT molecular complexity index is 804. The zero-order chi connectivity index (χ0) is 22.6. The summed E-state index contributed by atoms with van der Waals surface area (Å²) in [5.74, 6) is -1.69. The lowest BCUT2D eigenvalue weighted by Crippen LogP contribution is -2.34. The van der Waals surface area contributed by atoms with Crippen LogP contribution in [0.4, 0.5) is 0 Å². The Labute approximate surface area is 178 Å². The predicted octanol–water partition coefficient (Wildman–Crippen LogP) is 1.30. The lowest BCUT2D eigenvalue weighted by Gasteiger charge is -2.18. The van der Waals surface area contributed by atoms with Crippen molar-refractivity contribution in [1.82, 2.24) is 14.9 Å². The van der Waals surface area contributed by atoms with Gasteiger partial charge in [0.15, 0.2) is 6.61 Å². The fourth-order valence-electron chi connectivity index (χ4n) is 2.60. The van der Waals surface area contributed by atoms with Crippen LogP contribution in [0.25, 0.3) is 0 Å². The molecule has 9 nitrogen and oxygen atoms in total. The van der Waals surface area contributed by atoms with Crippen molar-refractivity contribution in [1.29, 1.82) is 0 Å². The number of hydrogen-bond donors (Lipinski definition) is 2. The SMILES string of the molecule is CCCCCNC(=O)COC(=O)CNC(=O)c1ccc(S(=O)(=O)N(CC)CC)cc1. The van der Waals surface area contributed by atoms with E-state index >= 15 is 0 Å². The zero-order valence-corrected chi connectivity index (χ0v) is 18.6. The molecule has 0 heterocycles. The van der Waals surface area contributed by atoms with Crippen LogP contribution in [0.5, 0.6) is 0 Å². The summed E-state index contributed by atoms with van der Waals surface area (Å²) in [6.07, 6.45) is 2.91. The molecule has 0 bridgehead atoms. The first-order valence-corrected chi connectivity index (χ1v) is 11.5. The quantitative estimate of drug-likeness (QED) is 0.351. The highest BCUT2D eigenvalue weighted by molar-refractivity contribution is 7.89. The van der Waals surface area contributed by atoms with Crippen molar-refractivity contribution in [3.8, 4) is 0 Å². The summed E-state index contributed by atoms with van der Waals surface area (Å²) in [5.41, 5.74) is 0.204. The van der Waals surface area contributed by atoms with Gasteiger partial charge in [0.1, 0.15) is 6.54 Å². The van der Waals surface area contributed by atoms with Crippen molar-refractivity contribution >= 4 is 27.8 Å². The third kappa shape index (κ3) is 8.11. The second kappa shape index (κ2) is 13.0. The molecule has 0 spiro atoms. The van der Waals surface area contributed by atoms with E-state index in [9.17, 15) is 22.8 Å². The number of carbonyl (C=O) groups excluding carboxylic acids is 3. The molecule has 0 unspecified atom stereocenters. The standard InChI is InChI=1S/C20H31N3O6S/c1-4-7-8-13-21-18(24)15-29-19(25)14-22-20(26)16-9-11-17(12-10-16)30(27,28)23(5-2)6-3/h9-12H,4-8,13-15H2,1-3H3,(H,21,24)(H,22,26). The van der Waals surface area contributed by atoms with Crippen molar-refractivity contribution in [2.24, 2.45) is 0 Å². The summed E-state index contributed by atoms with van der Waals surface area (Å²) in [6, 6.07) is 5.45. The highest BCUT2D eigenvalue weighted by Gasteiger charge is 2.21. The maximum atomic E-state index is 12.4. The minimum atomic E-state index is -3.61. The number of rotatable bonds is 13. The molecular formula is C20H31N3O6S. The molecule has 0 aliphatic carbocycles. The Kier molecular flexibility index (Phi) is 11.1. The Morgan fingerprint density at radius 1 is 0.967 bits per heavy atom. The van der Waals surface area contributed by atoms with Gasteiger partial charge in [-0.25, -0.2) is 8.42 Å². The molecule has 0 atom stereocenters. The van der Waals surface area contributed by atoms with Gasteiger partial charge in [-0.1, -0.05) is 33.6 Å². The first-order chi connectivity index (χ1) is 14.3. The molecule has 30 heavy (non-hydrogen) atoms. The largest absolute Gasteiger partial charge is 0.454 e. The van der Waals surface area contributed by atoms with Crippen LogP contribution in [0.3, 0.4) is 0 Å². The van der Waals surface area contributed by atoms with Crippen LogP contribution in [-0.4, -0.2) is 63.3 Å². The molecule has 0 saturated carbocycles. The number of hydrogen-bond acceptors (Lipinski definition) is 6. The number of unbranched alkanes of at least 4 members (excludes halogenated alkanes) is 2. The van der Waals surface area contributed by atoms with E-state index in [-0.39, 0.29) is 10.5 Å². The molecule has 0 radical (unpaired) electrons. The Morgan fingerprint density at radius 2 is 1.60 bits per heavy atom. The molecule has 10 heteroatoms. The fraction of sp³-hybridized carbons (Fsp3) is 0.550. The van der Waals surface area contributed by atoms with E-state index in [1.165, 1.54) is 28.6 Å². The number of ether oxygens (including phenoxy) is 1. The van der Waals surface area contributed by atoms with E-state index in [2.05, 4.69) is 17.6 Å². The topological polar surface area (TPSA) is 122 Å². The van der Waals surface area contributed by atoms with Gasteiger partial charge in [0.25, 0.3) is 11.8 Å². The number of benzene rings is 1. The maximum Gasteiger partial charge on any atom is 0.325 e. The third-order valence-electron chi connectivity index (χ3n) is 4.32. The van der Waals surface area contributed by atoms with Gasteiger partial charge in [-0.2, -0.15) is 4.31 Å². The summed E-state index contributed by atoms with van der Waals surface area (Å²) >= 11 is 0. The van der Waals surface area contributed by atoms with Gasteiger partial charge in [-0.05, 0) is 30.7 Å². The van der Waals surface area contributed by atoms with Crippen molar-refractivity contribution in [3.63, 3.8) is 0 Å². The Hall–Kier alpha value is -2.46. The van der Waals surface area contributed by atoms with Gasteiger partial charge in [0, 0.05) is 25.2 Å². The first kappa shape index (κ1) is 25.6. The van der Waals surface area contributed by atoms with E-state index in [4.69, 9.17) is 4.74 Å². The van der Waals surface area contributed by atoms with E-state index in [1.54, 1.807) is 13.8 Å². The van der Waals surface area contributed by atoms with Gasteiger partial charge >= 0.3 is 5.97 Å². The second-order valence-electron chi connectivity index (χ2n) is 6.51. The van der Waals surface area contributed by atoms with Crippen LogP contribution in [0.15, 0.2) is 29.2 Å². The highest BCUT2D eigenvalue weighted by Crippen LogP contribution is 2.16. The third-order valence-corrected chi connectivity index (χ3v) is 6.38. The number of sulfonamides is 1. The zero-order valence-electron chi connectivity index (χ0n) is 17.8. The van der Waals surface area contributed by atoms with Crippen LogP contribution in [-0.2, 0) is 24.3 Å². The molecule has 2 N–H and O–H groups in total. The average Bonchev–Trinajstić information content (AvgIpc) is 2.74. The van der Waals surface area contributed by atoms with Crippen molar-refractivity contribution in [3.05, 3.63) is 29.8 Å². The molecule has 0 aliphatic heterocycles. The van der Waals surface area contributed by atoms with E-state index in [1.807, 2.05) is 0 Å². The molecule has 0 aromatic heterocycles. The minimum Gasteiger partial charge on any atom is -0.454 e. The van der Waals surface area contributed by atoms with Crippen molar-refractivity contribution in [2.75, 3.05) is 32.8 Å². The van der Waals surface area contributed by atoms with Gasteiger partial charge in [0.05, 0.1) is 4.90 Å². The van der Waals surface area contributed by atoms with Gasteiger partial charge in [-0.15, -0.1) is 0 Å². The molecule has 1 aromatic carbocycles. The fourth-order valence-corrected chi connectivity index (χ4v) is 4.05. The first-order valence-electron chi connectivity index (χ1n) is 10.1. The van der Waals surface area contributed by atoms with E-state index in [0.29, 0.717) is 19.6 Å². The summed E-state index contributed by atoms with van der Waals surface area (Å²) in [4.78, 5) is 35.5. The number of esters is 1. The minimum absolute atomic E-state index is 0.0899. The number of amides is 2. The molecular weight excluding hydrogens is 410 g/mol. The summed E-state index contributed by atoms with van der Waals surface area (Å²) in [5, 5.41) is 5.02. The number of carbonyl (C=O) groups is 3. The molecule has 0 aliphatic rings. The van der Waals surface area contributed by atoms with Crippen LogP contribution in [0.1, 0.15) is 50.4 Å². The Balaban J connectivity index is 2.48. The van der Waals surface area contributed by atoms with Gasteiger partial charge in [0.2, 0.25) is 10.0 Å². The van der Waals surface area contributed by atoms with Gasteiger partial charge in [-0.3, -0.25) is 14.4 Å². The number of nitrogens with zero attached hydrogens (tertiary/aromatic N) is 1. The monoisotopic (exact) mass is 441 g/mol. The van der Waals surface area contributed by atoms with Crippen molar-refractivity contribution < 1.29 is 27.5 Å². The van der Waals surface area contributed by atoms with Crippen molar-refractivity contribution in [2.45, 2.75) is 44.9 Å². The van der Waals surface area contributed by atoms with E-state index < -0.39 is 41.0 Å². The lowest BCUT2D eigenvalue weighted by molar-refractivity contribution is -0.147. The molecule has 1 rings (SSSR count). The Morgan fingerprint density at radius 3 is 2.17 bits per heavy atom. The maximum absolute atomic E-state index is 12.4. The lowest BCUT2D eigenvalue weighted by atomic mass is 10.2. The van der Waals surface area contributed by atoms with Crippen LogP contribution in [0, 0.1) is 0 Å². The molecule has 0 saturated heterocycles. The molecule has 168 valence electrons. The predicted molar refractivity (Wildman–Crippen MR) is 112 cm³/mol.